The van der Waals surface area contributed by atoms with Gasteiger partial charge in [-0.05, 0) is 13.8 Å². The number of urea groups is 1. The Labute approximate surface area is 108 Å². The van der Waals surface area contributed by atoms with E-state index in [9.17, 15) is 9.59 Å². The molecule has 2 amide bonds. The number of carbonyl (C=O) groups excluding carboxylic acids is 1. The molecule has 1 atom stereocenters. The maximum atomic E-state index is 11.8. The average molecular weight is 257 g/mol. The highest BCUT2D eigenvalue weighted by Gasteiger charge is 2.22. The van der Waals surface area contributed by atoms with Crippen LogP contribution in [0.5, 0.6) is 0 Å². The summed E-state index contributed by atoms with van der Waals surface area (Å²) >= 11 is 0. The third-order valence-corrected chi connectivity index (χ3v) is 3.31. The summed E-state index contributed by atoms with van der Waals surface area (Å²) in [5.41, 5.74) is 0. The Bertz CT molecular complexity index is 299. The van der Waals surface area contributed by atoms with Gasteiger partial charge in [0.25, 0.3) is 0 Å². The Balaban J connectivity index is 2.30. The number of carboxylic acid groups (broad SMARTS) is 1. The Morgan fingerprint density at radius 2 is 1.72 bits per heavy atom. The van der Waals surface area contributed by atoms with E-state index in [-0.39, 0.29) is 12.6 Å². The quantitative estimate of drug-likeness (QED) is 0.766. The van der Waals surface area contributed by atoms with E-state index in [0.29, 0.717) is 19.1 Å². The zero-order valence-electron chi connectivity index (χ0n) is 11.3. The van der Waals surface area contributed by atoms with E-state index in [1.54, 1.807) is 11.8 Å². The molecule has 1 saturated heterocycles. The van der Waals surface area contributed by atoms with Gasteiger partial charge in [-0.15, -0.1) is 0 Å². The van der Waals surface area contributed by atoms with Gasteiger partial charge in [0.15, 0.2) is 0 Å². The topological polar surface area (TPSA) is 72.9 Å². The molecule has 104 valence electrons. The zero-order valence-corrected chi connectivity index (χ0v) is 11.3. The van der Waals surface area contributed by atoms with Crippen molar-refractivity contribution in [3.8, 4) is 0 Å². The fourth-order valence-electron chi connectivity index (χ4n) is 1.88. The standard InChI is InChI=1S/C12H23N3O3/c1-9(2)14-4-6-15(7-5-14)12(18)13-8-10(3)11(16)17/h9-10H,4-8H2,1-3H3,(H,13,18)(H,16,17). The number of nitrogens with one attached hydrogen (secondary N) is 1. The van der Waals surface area contributed by atoms with Gasteiger partial charge >= 0.3 is 12.0 Å². The summed E-state index contributed by atoms with van der Waals surface area (Å²) in [4.78, 5) is 26.5. The second-order valence-corrected chi connectivity index (χ2v) is 5.04. The van der Waals surface area contributed by atoms with E-state index in [1.807, 2.05) is 0 Å². The van der Waals surface area contributed by atoms with Crippen LogP contribution in [0.4, 0.5) is 4.79 Å². The third-order valence-electron chi connectivity index (χ3n) is 3.31. The highest BCUT2D eigenvalue weighted by molar-refractivity contribution is 5.76. The smallest absolute Gasteiger partial charge is 0.317 e. The summed E-state index contributed by atoms with van der Waals surface area (Å²) in [6.07, 6.45) is 0. The van der Waals surface area contributed by atoms with Gasteiger partial charge in [0.1, 0.15) is 0 Å². The number of hydrogen-bond acceptors (Lipinski definition) is 3. The number of aliphatic carboxylic acids is 1. The molecule has 6 nitrogen and oxygen atoms in total. The van der Waals surface area contributed by atoms with Gasteiger partial charge in [-0.2, -0.15) is 0 Å². The molecule has 1 aliphatic rings. The first-order valence-electron chi connectivity index (χ1n) is 6.41. The lowest BCUT2D eigenvalue weighted by Crippen LogP contribution is -2.53. The molecule has 0 radical (unpaired) electrons. The van der Waals surface area contributed by atoms with Crippen LogP contribution >= 0.6 is 0 Å². The van der Waals surface area contributed by atoms with Gasteiger partial charge in [0, 0.05) is 38.8 Å². The highest BCUT2D eigenvalue weighted by atomic mass is 16.4. The van der Waals surface area contributed by atoms with Crippen LogP contribution in [0, 0.1) is 5.92 Å². The van der Waals surface area contributed by atoms with E-state index in [1.165, 1.54) is 0 Å². The summed E-state index contributed by atoms with van der Waals surface area (Å²) in [6.45, 7) is 9.20. The molecule has 0 saturated carbocycles. The van der Waals surface area contributed by atoms with Crippen molar-refractivity contribution < 1.29 is 14.7 Å². The lowest BCUT2D eigenvalue weighted by Gasteiger charge is -2.36. The van der Waals surface area contributed by atoms with Gasteiger partial charge in [0.2, 0.25) is 0 Å². The average Bonchev–Trinajstić information content (AvgIpc) is 2.35. The van der Waals surface area contributed by atoms with Crippen LogP contribution in [0.15, 0.2) is 0 Å². The lowest BCUT2D eigenvalue weighted by molar-refractivity contribution is -0.140. The molecule has 1 fully saturated rings. The fraction of sp³-hybridized carbons (Fsp3) is 0.833. The summed E-state index contributed by atoms with van der Waals surface area (Å²) in [5, 5.41) is 11.4. The Morgan fingerprint density at radius 1 is 1.17 bits per heavy atom. The molecule has 1 aliphatic heterocycles. The number of rotatable bonds is 4. The first-order chi connectivity index (χ1) is 8.41. The maximum Gasteiger partial charge on any atom is 0.317 e. The van der Waals surface area contributed by atoms with Crippen LogP contribution < -0.4 is 5.32 Å². The molecule has 0 spiro atoms. The first-order valence-corrected chi connectivity index (χ1v) is 6.41. The van der Waals surface area contributed by atoms with Crippen molar-refractivity contribution in [2.45, 2.75) is 26.8 Å². The van der Waals surface area contributed by atoms with Crippen molar-refractivity contribution in [1.82, 2.24) is 15.1 Å². The summed E-state index contributed by atoms with van der Waals surface area (Å²) in [7, 11) is 0. The Kier molecular flexibility index (Phi) is 5.40. The molecule has 0 aliphatic carbocycles. The second-order valence-electron chi connectivity index (χ2n) is 5.04. The molecule has 2 N–H and O–H groups in total. The number of piperazine rings is 1. The minimum absolute atomic E-state index is 0.161. The zero-order chi connectivity index (χ0) is 13.7. The number of carboxylic acids is 1. The van der Waals surface area contributed by atoms with E-state index < -0.39 is 11.9 Å². The highest BCUT2D eigenvalue weighted by Crippen LogP contribution is 2.06. The normalized spacial score (nSPS) is 18.8. The van der Waals surface area contributed by atoms with E-state index in [2.05, 4.69) is 24.1 Å². The van der Waals surface area contributed by atoms with Crippen LogP contribution in [-0.4, -0.2) is 65.7 Å². The molecule has 1 heterocycles. The van der Waals surface area contributed by atoms with Crippen LogP contribution in [0.2, 0.25) is 0 Å². The molecular weight excluding hydrogens is 234 g/mol. The molecule has 0 aromatic heterocycles. The van der Waals surface area contributed by atoms with Crippen molar-refractivity contribution in [3.63, 3.8) is 0 Å². The Morgan fingerprint density at radius 3 is 2.17 bits per heavy atom. The van der Waals surface area contributed by atoms with Crippen LogP contribution in [0.3, 0.4) is 0 Å². The number of hydrogen-bond donors (Lipinski definition) is 2. The molecule has 0 bridgehead atoms. The van der Waals surface area contributed by atoms with Gasteiger partial charge in [-0.3, -0.25) is 9.69 Å². The molecule has 6 heteroatoms. The molecule has 18 heavy (non-hydrogen) atoms. The van der Waals surface area contributed by atoms with Crippen LogP contribution in [0.1, 0.15) is 20.8 Å². The molecule has 0 aromatic rings. The number of nitrogens with zero attached hydrogens (tertiary/aromatic N) is 2. The monoisotopic (exact) mass is 257 g/mol. The SMILES string of the molecule is CC(CNC(=O)N1CCN(C(C)C)CC1)C(=O)O. The van der Waals surface area contributed by atoms with Gasteiger partial charge in [0.05, 0.1) is 5.92 Å². The van der Waals surface area contributed by atoms with Gasteiger partial charge in [-0.1, -0.05) is 6.92 Å². The molecule has 0 aromatic carbocycles. The van der Waals surface area contributed by atoms with Crippen molar-refractivity contribution >= 4 is 12.0 Å². The second kappa shape index (κ2) is 6.58. The van der Waals surface area contributed by atoms with E-state index >= 15 is 0 Å². The van der Waals surface area contributed by atoms with Crippen molar-refractivity contribution in [2.75, 3.05) is 32.7 Å². The van der Waals surface area contributed by atoms with Crippen molar-refractivity contribution in [3.05, 3.63) is 0 Å². The number of amides is 2. The number of carbonyl (C=O) groups is 2. The Hall–Kier alpha value is -1.30. The van der Waals surface area contributed by atoms with Crippen molar-refractivity contribution in [1.29, 1.82) is 0 Å². The first kappa shape index (κ1) is 14.8. The molecule has 1 rings (SSSR count). The van der Waals surface area contributed by atoms with E-state index in [0.717, 1.165) is 13.1 Å². The van der Waals surface area contributed by atoms with Crippen molar-refractivity contribution in [2.24, 2.45) is 5.92 Å². The predicted octanol–water partition coefficient (Wildman–Crippen LogP) is 0.443. The largest absolute Gasteiger partial charge is 0.481 e. The minimum atomic E-state index is -0.889. The van der Waals surface area contributed by atoms with Gasteiger partial charge in [-0.25, -0.2) is 4.79 Å². The third kappa shape index (κ3) is 4.18. The van der Waals surface area contributed by atoms with Crippen LogP contribution in [-0.2, 0) is 4.79 Å². The maximum absolute atomic E-state index is 11.8. The minimum Gasteiger partial charge on any atom is -0.481 e. The van der Waals surface area contributed by atoms with Crippen LogP contribution in [0.25, 0.3) is 0 Å². The summed E-state index contributed by atoms with van der Waals surface area (Å²) in [6, 6.07) is 0.341. The van der Waals surface area contributed by atoms with Gasteiger partial charge < -0.3 is 15.3 Å². The predicted molar refractivity (Wildman–Crippen MR) is 68.5 cm³/mol. The molecular formula is C12H23N3O3. The summed E-state index contributed by atoms with van der Waals surface area (Å²) in [5.74, 6) is -1.44. The summed E-state index contributed by atoms with van der Waals surface area (Å²) < 4.78 is 0. The lowest BCUT2D eigenvalue weighted by atomic mass is 10.2. The fourth-order valence-corrected chi connectivity index (χ4v) is 1.88. The molecule has 1 unspecified atom stereocenters. The van der Waals surface area contributed by atoms with E-state index in [4.69, 9.17) is 5.11 Å².